The number of aliphatic hydroxyl groups is 1. The van der Waals surface area contributed by atoms with E-state index in [1.807, 2.05) is 6.07 Å². The number of nitrogens with zero attached hydrogens (tertiary/aromatic N) is 1. The lowest BCUT2D eigenvalue weighted by molar-refractivity contribution is 0.0246. The maximum Gasteiger partial charge on any atom is 0.107 e. The summed E-state index contributed by atoms with van der Waals surface area (Å²) in [5.74, 6) is 2.39. The van der Waals surface area contributed by atoms with Gasteiger partial charge in [0, 0.05) is 38.2 Å². The Kier molecular flexibility index (Phi) is 9.29. The Morgan fingerprint density at radius 1 is 1.55 bits per heavy atom. The van der Waals surface area contributed by atoms with Gasteiger partial charge in [0.15, 0.2) is 0 Å². The van der Waals surface area contributed by atoms with E-state index in [-0.39, 0.29) is 13.2 Å². The third kappa shape index (κ3) is 7.63. The number of ether oxygens (including phenoxy) is 2. The molecule has 0 saturated carbocycles. The smallest absolute Gasteiger partial charge is 0.107 e. The second-order valence-electron chi connectivity index (χ2n) is 4.53. The molecule has 0 aliphatic heterocycles. The summed E-state index contributed by atoms with van der Waals surface area (Å²) in [5, 5.41) is 12.0. The summed E-state index contributed by atoms with van der Waals surface area (Å²) in [5.41, 5.74) is 0. The molecule has 0 bridgehead atoms. The Balaban J connectivity index is 2.38. The van der Waals surface area contributed by atoms with E-state index in [1.54, 1.807) is 18.4 Å². The molecule has 112 valence electrons. The van der Waals surface area contributed by atoms with Crippen LogP contribution in [0.5, 0.6) is 0 Å². The van der Waals surface area contributed by atoms with Gasteiger partial charge in [-0.1, -0.05) is 12.0 Å². The van der Waals surface area contributed by atoms with Crippen LogP contribution in [0.2, 0.25) is 0 Å². The second-order valence-corrected chi connectivity index (χ2v) is 5.57. The Morgan fingerprint density at radius 2 is 2.40 bits per heavy atom. The number of hydrogen-bond donors (Lipinski definition) is 1. The van der Waals surface area contributed by atoms with E-state index in [4.69, 9.17) is 15.9 Å². The summed E-state index contributed by atoms with van der Waals surface area (Å²) in [4.78, 5) is 3.51. The first-order valence-corrected chi connectivity index (χ1v) is 7.57. The summed E-state index contributed by atoms with van der Waals surface area (Å²) in [7, 11) is 1.70. The summed E-state index contributed by atoms with van der Waals surface area (Å²) in [6, 6.07) is 4.15. The average Bonchev–Trinajstić information content (AvgIpc) is 2.92. The van der Waals surface area contributed by atoms with Gasteiger partial charge in [0.2, 0.25) is 0 Å². The van der Waals surface area contributed by atoms with Crippen LogP contribution in [0.15, 0.2) is 17.5 Å². The van der Waals surface area contributed by atoms with Crippen molar-refractivity contribution < 1.29 is 14.6 Å². The number of rotatable bonds is 11. The van der Waals surface area contributed by atoms with Crippen molar-refractivity contribution in [2.24, 2.45) is 0 Å². The van der Waals surface area contributed by atoms with Gasteiger partial charge < -0.3 is 14.6 Å². The van der Waals surface area contributed by atoms with Crippen molar-refractivity contribution in [3.8, 4) is 12.3 Å². The van der Waals surface area contributed by atoms with Gasteiger partial charge in [0.05, 0.1) is 12.7 Å². The van der Waals surface area contributed by atoms with Gasteiger partial charge in [-0.3, -0.25) is 4.90 Å². The average molecular weight is 297 g/mol. The van der Waals surface area contributed by atoms with E-state index in [9.17, 15) is 5.11 Å². The van der Waals surface area contributed by atoms with Crippen molar-refractivity contribution in [3.63, 3.8) is 0 Å². The predicted octanol–water partition coefficient (Wildman–Crippen LogP) is 1.60. The number of thiophene rings is 1. The van der Waals surface area contributed by atoms with Crippen molar-refractivity contribution in [2.45, 2.75) is 19.1 Å². The molecule has 1 heterocycles. The quantitative estimate of drug-likeness (QED) is 0.497. The minimum Gasteiger partial charge on any atom is -0.389 e. The molecule has 0 aromatic carbocycles. The van der Waals surface area contributed by atoms with Gasteiger partial charge in [-0.05, 0) is 17.9 Å². The van der Waals surface area contributed by atoms with Crippen LogP contribution in [0.25, 0.3) is 0 Å². The molecule has 1 aromatic heterocycles. The number of hydrogen-bond acceptors (Lipinski definition) is 5. The minimum absolute atomic E-state index is 0.242. The van der Waals surface area contributed by atoms with E-state index in [2.05, 4.69) is 22.3 Å². The normalized spacial score (nSPS) is 12.5. The zero-order valence-corrected chi connectivity index (χ0v) is 12.8. The molecule has 20 heavy (non-hydrogen) atoms. The van der Waals surface area contributed by atoms with Crippen LogP contribution < -0.4 is 0 Å². The molecule has 0 unspecified atom stereocenters. The summed E-state index contributed by atoms with van der Waals surface area (Å²) in [6.45, 7) is 3.55. The van der Waals surface area contributed by atoms with Crippen LogP contribution >= 0.6 is 11.3 Å². The first-order chi connectivity index (χ1) is 9.76. The SMILES string of the molecule is C#CCOC[C@@H](O)CN(CCCOC)Cc1cccs1. The molecule has 0 radical (unpaired) electrons. The van der Waals surface area contributed by atoms with Gasteiger partial charge >= 0.3 is 0 Å². The van der Waals surface area contributed by atoms with E-state index in [1.165, 1.54) is 4.88 Å². The fraction of sp³-hybridized carbons (Fsp3) is 0.600. The predicted molar refractivity (Wildman–Crippen MR) is 81.7 cm³/mol. The Bertz CT molecular complexity index is 375. The van der Waals surface area contributed by atoms with Gasteiger partial charge in [-0.15, -0.1) is 17.8 Å². The fourth-order valence-electron chi connectivity index (χ4n) is 1.89. The number of terminal acetylenes is 1. The Morgan fingerprint density at radius 3 is 3.05 bits per heavy atom. The third-order valence-electron chi connectivity index (χ3n) is 2.75. The van der Waals surface area contributed by atoms with Crippen LogP contribution in [0.3, 0.4) is 0 Å². The highest BCUT2D eigenvalue weighted by atomic mass is 32.1. The molecule has 0 saturated heterocycles. The van der Waals surface area contributed by atoms with Gasteiger partial charge in [-0.2, -0.15) is 0 Å². The molecule has 4 nitrogen and oxygen atoms in total. The lowest BCUT2D eigenvalue weighted by Crippen LogP contribution is -2.35. The van der Waals surface area contributed by atoms with Crippen LogP contribution in [0, 0.1) is 12.3 Å². The molecule has 0 aliphatic carbocycles. The van der Waals surface area contributed by atoms with Crippen molar-refractivity contribution >= 4 is 11.3 Å². The highest BCUT2D eigenvalue weighted by Gasteiger charge is 2.12. The summed E-state index contributed by atoms with van der Waals surface area (Å²) in [6.07, 6.45) is 5.53. The fourth-order valence-corrected chi connectivity index (χ4v) is 2.64. The molecular formula is C15H23NO3S. The first kappa shape index (κ1) is 17.2. The Labute approximate surface area is 125 Å². The standard InChI is InChI=1S/C15H23NO3S/c1-3-8-19-13-14(17)11-16(7-5-9-18-2)12-15-6-4-10-20-15/h1,4,6,10,14,17H,5,7-9,11-13H2,2H3/t14-/m0/s1. The Hall–Kier alpha value is -0.900. The zero-order chi connectivity index (χ0) is 14.6. The van der Waals surface area contributed by atoms with Crippen molar-refractivity contribution in [1.29, 1.82) is 0 Å². The van der Waals surface area contributed by atoms with E-state index in [0.29, 0.717) is 6.54 Å². The molecule has 0 aliphatic rings. The first-order valence-electron chi connectivity index (χ1n) is 6.69. The molecule has 0 amide bonds. The molecule has 1 aromatic rings. The summed E-state index contributed by atoms with van der Waals surface area (Å²) >= 11 is 1.73. The van der Waals surface area contributed by atoms with Crippen molar-refractivity contribution in [2.75, 3.05) is 40.0 Å². The highest BCUT2D eigenvalue weighted by molar-refractivity contribution is 7.09. The summed E-state index contributed by atoms with van der Waals surface area (Å²) < 4.78 is 10.2. The number of methoxy groups -OCH3 is 1. The largest absolute Gasteiger partial charge is 0.389 e. The molecule has 1 atom stereocenters. The molecule has 1 N–H and O–H groups in total. The van der Waals surface area contributed by atoms with E-state index >= 15 is 0 Å². The van der Waals surface area contributed by atoms with Crippen LogP contribution in [-0.4, -0.2) is 56.1 Å². The van der Waals surface area contributed by atoms with E-state index in [0.717, 1.165) is 26.1 Å². The minimum atomic E-state index is -0.522. The molecule has 0 fully saturated rings. The molecule has 1 rings (SSSR count). The van der Waals surface area contributed by atoms with Crippen LogP contribution in [0.4, 0.5) is 0 Å². The van der Waals surface area contributed by atoms with Crippen LogP contribution in [-0.2, 0) is 16.0 Å². The van der Waals surface area contributed by atoms with Gasteiger partial charge in [0.1, 0.15) is 6.61 Å². The topological polar surface area (TPSA) is 41.9 Å². The van der Waals surface area contributed by atoms with Gasteiger partial charge in [0.25, 0.3) is 0 Å². The van der Waals surface area contributed by atoms with E-state index < -0.39 is 6.10 Å². The lowest BCUT2D eigenvalue weighted by Gasteiger charge is -2.24. The number of aliphatic hydroxyl groups excluding tert-OH is 1. The van der Waals surface area contributed by atoms with Gasteiger partial charge in [-0.25, -0.2) is 0 Å². The molecule has 5 heteroatoms. The maximum atomic E-state index is 9.97. The van der Waals surface area contributed by atoms with Crippen LogP contribution in [0.1, 0.15) is 11.3 Å². The highest BCUT2D eigenvalue weighted by Crippen LogP contribution is 2.12. The maximum absolute atomic E-state index is 9.97. The van der Waals surface area contributed by atoms with Crippen molar-refractivity contribution in [1.82, 2.24) is 4.90 Å². The lowest BCUT2D eigenvalue weighted by atomic mass is 10.3. The molecule has 0 spiro atoms. The van der Waals surface area contributed by atoms with Crippen molar-refractivity contribution in [3.05, 3.63) is 22.4 Å². The third-order valence-corrected chi connectivity index (χ3v) is 3.61. The molecular weight excluding hydrogens is 274 g/mol. The zero-order valence-electron chi connectivity index (χ0n) is 12.0. The second kappa shape index (κ2) is 10.8. The monoisotopic (exact) mass is 297 g/mol.